The average molecular weight is 323 g/mol. The maximum absolute atomic E-state index is 13.4. The van der Waals surface area contributed by atoms with Crippen molar-refractivity contribution < 1.29 is 19.0 Å². The zero-order valence-electron chi connectivity index (χ0n) is 13.5. The van der Waals surface area contributed by atoms with Crippen LogP contribution in [0.15, 0.2) is 24.3 Å². The van der Waals surface area contributed by atoms with E-state index >= 15 is 0 Å². The molecule has 2 heterocycles. The molecule has 0 amide bonds. The van der Waals surface area contributed by atoms with Crippen molar-refractivity contribution in [2.45, 2.75) is 43.9 Å². The molecule has 5 heteroatoms. The summed E-state index contributed by atoms with van der Waals surface area (Å²) < 4.78 is 24.5. The molecule has 128 valence electrons. The molecular weight excluding hydrogens is 297 g/mol. The van der Waals surface area contributed by atoms with Crippen molar-refractivity contribution in [1.29, 1.82) is 0 Å². The monoisotopic (exact) mass is 323 g/mol. The van der Waals surface area contributed by atoms with E-state index in [-0.39, 0.29) is 18.0 Å². The fourth-order valence-electron chi connectivity index (χ4n) is 3.57. The van der Waals surface area contributed by atoms with Crippen LogP contribution in [0.2, 0.25) is 0 Å². The Kier molecular flexibility index (Phi) is 6.00. The molecule has 1 N–H and O–H groups in total. The quantitative estimate of drug-likeness (QED) is 0.837. The van der Waals surface area contributed by atoms with Crippen LogP contribution in [0.4, 0.5) is 4.39 Å². The Morgan fingerprint density at radius 2 is 2.26 bits per heavy atom. The van der Waals surface area contributed by atoms with Gasteiger partial charge in [-0.15, -0.1) is 0 Å². The Labute approximate surface area is 137 Å². The first-order valence-electron chi connectivity index (χ1n) is 8.59. The standard InChI is InChI=1S/C18H26FNO3/c19-15-5-1-4-14(10-15)18-7-2-8-20(18)11-16(21)12-22-13-17-6-3-9-23-17/h1,4-5,10,16-18,21H,2-3,6-9,11-13H2/t16-,17+,18-/m0/s1. The number of aliphatic hydroxyl groups is 1. The predicted octanol–water partition coefficient (Wildman–Crippen LogP) is 2.52. The van der Waals surface area contributed by atoms with Crippen molar-refractivity contribution in [2.24, 2.45) is 0 Å². The molecule has 2 saturated heterocycles. The van der Waals surface area contributed by atoms with E-state index in [1.54, 1.807) is 12.1 Å². The van der Waals surface area contributed by atoms with Gasteiger partial charge in [-0.3, -0.25) is 4.90 Å². The van der Waals surface area contributed by atoms with Gasteiger partial charge in [0, 0.05) is 19.2 Å². The van der Waals surface area contributed by atoms with Crippen molar-refractivity contribution in [3.05, 3.63) is 35.6 Å². The summed E-state index contributed by atoms with van der Waals surface area (Å²) in [6.07, 6.45) is 3.89. The largest absolute Gasteiger partial charge is 0.389 e. The summed E-state index contributed by atoms with van der Waals surface area (Å²) in [6, 6.07) is 6.98. The zero-order chi connectivity index (χ0) is 16.1. The SMILES string of the molecule is O[C@H](COC[C@H]1CCCO1)CN1CCC[C@H]1c1cccc(F)c1. The van der Waals surface area contributed by atoms with Crippen LogP contribution < -0.4 is 0 Å². The van der Waals surface area contributed by atoms with Crippen molar-refractivity contribution in [3.8, 4) is 0 Å². The van der Waals surface area contributed by atoms with Crippen molar-refractivity contribution in [2.75, 3.05) is 32.9 Å². The van der Waals surface area contributed by atoms with Crippen LogP contribution in [-0.4, -0.2) is 55.1 Å². The average Bonchev–Trinajstić information content (AvgIpc) is 3.19. The van der Waals surface area contributed by atoms with Crippen LogP contribution in [-0.2, 0) is 9.47 Å². The molecule has 0 bridgehead atoms. The molecular formula is C18H26FNO3. The molecule has 1 aromatic carbocycles. The maximum atomic E-state index is 13.4. The van der Waals surface area contributed by atoms with Crippen LogP contribution in [0.3, 0.4) is 0 Å². The van der Waals surface area contributed by atoms with Gasteiger partial charge >= 0.3 is 0 Å². The predicted molar refractivity (Wildman–Crippen MR) is 85.7 cm³/mol. The van der Waals surface area contributed by atoms with Gasteiger partial charge in [0.05, 0.1) is 25.4 Å². The summed E-state index contributed by atoms with van der Waals surface area (Å²) >= 11 is 0. The summed E-state index contributed by atoms with van der Waals surface area (Å²) in [4.78, 5) is 2.23. The zero-order valence-corrected chi connectivity index (χ0v) is 13.5. The van der Waals surface area contributed by atoms with Crippen LogP contribution in [0.25, 0.3) is 0 Å². The molecule has 0 spiro atoms. The lowest BCUT2D eigenvalue weighted by atomic mass is 10.0. The number of benzene rings is 1. The normalized spacial score (nSPS) is 26.7. The second-order valence-electron chi connectivity index (χ2n) is 6.53. The minimum atomic E-state index is -0.523. The van der Waals surface area contributed by atoms with Gasteiger partial charge in [0.25, 0.3) is 0 Å². The molecule has 4 nitrogen and oxygen atoms in total. The Morgan fingerprint density at radius 3 is 3.04 bits per heavy atom. The Morgan fingerprint density at radius 1 is 1.35 bits per heavy atom. The number of aliphatic hydroxyl groups excluding tert-OH is 1. The third kappa shape index (κ3) is 4.73. The Hall–Kier alpha value is -1.01. The third-order valence-electron chi connectivity index (χ3n) is 4.68. The maximum Gasteiger partial charge on any atom is 0.123 e. The molecule has 3 atom stereocenters. The van der Waals surface area contributed by atoms with Gasteiger partial charge in [-0.2, -0.15) is 0 Å². The third-order valence-corrected chi connectivity index (χ3v) is 4.68. The van der Waals surface area contributed by atoms with E-state index in [1.807, 2.05) is 6.07 Å². The topological polar surface area (TPSA) is 41.9 Å². The second kappa shape index (κ2) is 8.20. The van der Waals surface area contributed by atoms with Crippen LogP contribution >= 0.6 is 0 Å². The van der Waals surface area contributed by atoms with Crippen LogP contribution in [0, 0.1) is 5.82 Å². The van der Waals surface area contributed by atoms with Gasteiger partial charge in [-0.25, -0.2) is 4.39 Å². The van der Waals surface area contributed by atoms with Gasteiger partial charge in [-0.1, -0.05) is 12.1 Å². The van der Waals surface area contributed by atoms with Crippen molar-refractivity contribution in [1.82, 2.24) is 4.90 Å². The summed E-state index contributed by atoms with van der Waals surface area (Å²) in [5, 5.41) is 10.2. The minimum Gasteiger partial charge on any atom is -0.389 e. The molecule has 2 aliphatic rings. The van der Waals surface area contributed by atoms with Crippen molar-refractivity contribution in [3.63, 3.8) is 0 Å². The molecule has 0 saturated carbocycles. The number of rotatable bonds is 7. The number of likely N-dealkylation sites (tertiary alicyclic amines) is 1. The van der Waals surface area contributed by atoms with Gasteiger partial charge < -0.3 is 14.6 Å². The Bertz CT molecular complexity index is 493. The molecule has 0 aromatic heterocycles. The van der Waals surface area contributed by atoms with Gasteiger partial charge in [0.2, 0.25) is 0 Å². The fourth-order valence-corrected chi connectivity index (χ4v) is 3.57. The second-order valence-corrected chi connectivity index (χ2v) is 6.53. The van der Waals surface area contributed by atoms with E-state index in [0.29, 0.717) is 19.8 Å². The van der Waals surface area contributed by atoms with Gasteiger partial charge in [0.15, 0.2) is 0 Å². The number of hydrogen-bond donors (Lipinski definition) is 1. The van der Waals surface area contributed by atoms with E-state index in [9.17, 15) is 9.50 Å². The highest BCUT2D eigenvalue weighted by Gasteiger charge is 2.28. The van der Waals surface area contributed by atoms with Crippen LogP contribution in [0.1, 0.15) is 37.3 Å². The fraction of sp³-hybridized carbons (Fsp3) is 0.667. The number of halogens is 1. The molecule has 2 aliphatic heterocycles. The highest BCUT2D eigenvalue weighted by Crippen LogP contribution is 2.32. The molecule has 0 radical (unpaired) electrons. The molecule has 2 fully saturated rings. The van der Waals surface area contributed by atoms with E-state index in [0.717, 1.165) is 44.4 Å². The summed E-state index contributed by atoms with van der Waals surface area (Å²) in [7, 11) is 0. The first-order chi connectivity index (χ1) is 11.2. The van der Waals surface area contributed by atoms with Crippen LogP contribution in [0.5, 0.6) is 0 Å². The highest BCUT2D eigenvalue weighted by molar-refractivity contribution is 5.21. The molecule has 0 aliphatic carbocycles. The minimum absolute atomic E-state index is 0.189. The van der Waals surface area contributed by atoms with Crippen molar-refractivity contribution >= 4 is 0 Å². The first kappa shape index (κ1) is 16.8. The van der Waals surface area contributed by atoms with Gasteiger partial charge in [-0.05, 0) is 49.9 Å². The summed E-state index contributed by atoms with van der Waals surface area (Å²) in [5.41, 5.74) is 0.995. The molecule has 23 heavy (non-hydrogen) atoms. The molecule has 3 rings (SSSR count). The Balaban J connectivity index is 1.46. The lowest BCUT2D eigenvalue weighted by Crippen LogP contribution is -2.35. The summed E-state index contributed by atoms with van der Waals surface area (Å²) in [5.74, 6) is -0.199. The van der Waals surface area contributed by atoms with Gasteiger partial charge in [0.1, 0.15) is 5.82 Å². The van der Waals surface area contributed by atoms with E-state index in [1.165, 1.54) is 6.07 Å². The van der Waals surface area contributed by atoms with E-state index < -0.39 is 6.10 Å². The molecule has 1 aromatic rings. The van der Waals surface area contributed by atoms with E-state index in [2.05, 4.69) is 4.90 Å². The number of β-amino-alcohol motifs (C(OH)–C–C–N with tert-alkyl or cyclic N) is 1. The lowest BCUT2D eigenvalue weighted by Gasteiger charge is -2.27. The first-order valence-corrected chi connectivity index (χ1v) is 8.59. The summed E-state index contributed by atoms with van der Waals surface area (Å²) in [6.45, 7) is 3.20. The number of hydrogen-bond acceptors (Lipinski definition) is 4. The smallest absolute Gasteiger partial charge is 0.123 e. The number of nitrogens with zero attached hydrogens (tertiary/aromatic N) is 1. The lowest BCUT2D eigenvalue weighted by molar-refractivity contribution is -0.0261. The number of ether oxygens (including phenoxy) is 2. The molecule has 0 unspecified atom stereocenters. The highest BCUT2D eigenvalue weighted by atomic mass is 19.1. The van der Waals surface area contributed by atoms with E-state index in [4.69, 9.17) is 9.47 Å².